The molecule has 0 spiro atoms. The number of carbonyl (C=O) groups excluding carboxylic acids is 1. The van der Waals surface area contributed by atoms with Gasteiger partial charge in [-0.15, -0.1) is 0 Å². The molecule has 3 aliphatic rings. The molecule has 1 aliphatic heterocycles. The SMILES string of the molecule is O=C(c1ccoc1C1CC1)N1CCCC(OCC2CC2)C1. The lowest BCUT2D eigenvalue weighted by atomic mass is 10.1. The number of ether oxygens (including phenoxy) is 1. The number of piperidine rings is 1. The molecule has 4 heteroatoms. The highest BCUT2D eigenvalue weighted by atomic mass is 16.5. The van der Waals surface area contributed by atoms with Gasteiger partial charge in [0.05, 0.1) is 17.9 Å². The smallest absolute Gasteiger partial charge is 0.257 e. The van der Waals surface area contributed by atoms with Gasteiger partial charge in [-0.1, -0.05) is 0 Å². The lowest BCUT2D eigenvalue weighted by molar-refractivity contribution is -0.00249. The molecule has 1 unspecified atom stereocenters. The normalized spacial score (nSPS) is 26.1. The molecule has 0 aromatic carbocycles. The van der Waals surface area contributed by atoms with Gasteiger partial charge in [-0.3, -0.25) is 4.79 Å². The zero-order chi connectivity index (χ0) is 14.2. The van der Waals surface area contributed by atoms with Crippen LogP contribution >= 0.6 is 0 Å². The molecule has 1 aromatic rings. The summed E-state index contributed by atoms with van der Waals surface area (Å²) in [5.74, 6) is 2.29. The molecular formula is C17H23NO3. The second-order valence-electron chi connectivity index (χ2n) is 6.76. The zero-order valence-electron chi connectivity index (χ0n) is 12.4. The number of likely N-dealkylation sites (tertiary alicyclic amines) is 1. The van der Waals surface area contributed by atoms with Gasteiger partial charge in [0, 0.05) is 25.6 Å². The van der Waals surface area contributed by atoms with E-state index in [2.05, 4.69) is 0 Å². The summed E-state index contributed by atoms with van der Waals surface area (Å²) >= 11 is 0. The van der Waals surface area contributed by atoms with E-state index in [4.69, 9.17) is 9.15 Å². The van der Waals surface area contributed by atoms with Crippen LogP contribution in [0.4, 0.5) is 0 Å². The second kappa shape index (κ2) is 5.48. The highest BCUT2D eigenvalue weighted by Crippen LogP contribution is 2.42. The Labute approximate surface area is 125 Å². The van der Waals surface area contributed by atoms with Gasteiger partial charge in [-0.05, 0) is 50.5 Å². The Kier molecular flexibility index (Phi) is 3.49. The average molecular weight is 289 g/mol. The van der Waals surface area contributed by atoms with Crippen molar-refractivity contribution in [1.29, 1.82) is 0 Å². The van der Waals surface area contributed by atoms with Crippen molar-refractivity contribution in [3.63, 3.8) is 0 Å². The van der Waals surface area contributed by atoms with Gasteiger partial charge in [0.25, 0.3) is 5.91 Å². The molecule has 4 nitrogen and oxygen atoms in total. The van der Waals surface area contributed by atoms with E-state index in [1.807, 2.05) is 11.0 Å². The molecule has 1 amide bonds. The summed E-state index contributed by atoms with van der Waals surface area (Å²) in [6, 6.07) is 1.84. The van der Waals surface area contributed by atoms with E-state index >= 15 is 0 Å². The van der Waals surface area contributed by atoms with Crippen molar-refractivity contribution in [3.8, 4) is 0 Å². The maximum atomic E-state index is 12.7. The van der Waals surface area contributed by atoms with Gasteiger partial charge in [0.1, 0.15) is 5.76 Å². The van der Waals surface area contributed by atoms with Gasteiger partial charge in [-0.2, -0.15) is 0 Å². The number of furan rings is 1. The number of hydrogen-bond donors (Lipinski definition) is 0. The second-order valence-corrected chi connectivity index (χ2v) is 6.76. The fourth-order valence-electron chi connectivity index (χ4n) is 3.15. The fourth-order valence-corrected chi connectivity index (χ4v) is 3.15. The van der Waals surface area contributed by atoms with Crippen molar-refractivity contribution in [3.05, 3.63) is 23.7 Å². The first-order chi connectivity index (χ1) is 10.3. The highest BCUT2D eigenvalue weighted by Gasteiger charge is 2.34. The van der Waals surface area contributed by atoms with Crippen LogP contribution in [0.15, 0.2) is 16.7 Å². The molecule has 0 bridgehead atoms. The lowest BCUT2D eigenvalue weighted by Crippen LogP contribution is -2.43. The number of hydrogen-bond acceptors (Lipinski definition) is 3. The molecule has 2 aliphatic carbocycles. The maximum absolute atomic E-state index is 12.7. The Hall–Kier alpha value is -1.29. The van der Waals surface area contributed by atoms with Crippen LogP contribution in [0.2, 0.25) is 0 Å². The zero-order valence-corrected chi connectivity index (χ0v) is 12.4. The quantitative estimate of drug-likeness (QED) is 0.836. The molecule has 4 rings (SSSR count). The van der Waals surface area contributed by atoms with Crippen molar-refractivity contribution < 1.29 is 13.9 Å². The monoisotopic (exact) mass is 289 g/mol. The van der Waals surface area contributed by atoms with Crippen LogP contribution < -0.4 is 0 Å². The minimum Gasteiger partial charge on any atom is -0.468 e. The molecule has 1 saturated heterocycles. The van der Waals surface area contributed by atoms with E-state index in [0.717, 1.165) is 62.6 Å². The topological polar surface area (TPSA) is 42.7 Å². The largest absolute Gasteiger partial charge is 0.468 e. The third kappa shape index (κ3) is 3.00. The number of carbonyl (C=O) groups is 1. The van der Waals surface area contributed by atoms with Crippen molar-refractivity contribution in [2.45, 2.75) is 50.5 Å². The predicted molar refractivity (Wildman–Crippen MR) is 78.3 cm³/mol. The van der Waals surface area contributed by atoms with Crippen molar-refractivity contribution in [2.24, 2.45) is 5.92 Å². The summed E-state index contributed by atoms with van der Waals surface area (Å²) < 4.78 is 11.5. The third-order valence-corrected chi connectivity index (χ3v) is 4.80. The average Bonchev–Trinajstić information content (AvgIpc) is 3.44. The maximum Gasteiger partial charge on any atom is 0.257 e. The van der Waals surface area contributed by atoms with Crippen molar-refractivity contribution in [2.75, 3.05) is 19.7 Å². The third-order valence-electron chi connectivity index (χ3n) is 4.80. The van der Waals surface area contributed by atoms with Crippen LogP contribution in [0.25, 0.3) is 0 Å². The molecule has 0 radical (unpaired) electrons. The van der Waals surface area contributed by atoms with Crippen LogP contribution in [0.3, 0.4) is 0 Å². The Bertz CT molecular complexity index is 516. The van der Waals surface area contributed by atoms with E-state index in [1.165, 1.54) is 12.8 Å². The van der Waals surface area contributed by atoms with Crippen LogP contribution in [-0.4, -0.2) is 36.6 Å². The molecule has 2 heterocycles. The number of rotatable bonds is 5. The molecule has 1 atom stereocenters. The van der Waals surface area contributed by atoms with Crippen LogP contribution in [0.1, 0.15) is 60.6 Å². The number of amides is 1. The molecule has 1 aromatic heterocycles. The molecular weight excluding hydrogens is 266 g/mol. The van der Waals surface area contributed by atoms with Gasteiger partial charge < -0.3 is 14.1 Å². The first-order valence-electron chi connectivity index (χ1n) is 8.29. The van der Waals surface area contributed by atoms with E-state index in [1.54, 1.807) is 6.26 Å². The van der Waals surface area contributed by atoms with Gasteiger partial charge >= 0.3 is 0 Å². The predicted octanol–water partition coefficient (Wildman–Crippen LogP) is 3.19. The summed E-state index contributed by atoms with van der Waals surface area (Å²) in [6.07, 6.45) is 8.94. The molecule has 0 N–H and O–H groups in total. The molecule has 114 valence electrons. The van der Waals surface area contributed by atoms with Crippen LogP contribution in [0.5, 0.6) is 0 Å². The van der Waals surface area contributed by atoms with Crippen LogP contribution in [0, 0.1) is 5.92 Å². The molecule has 2 saturated carbocycles. The Balaban J connectivity index is 1.39. The van der Waals surface area contributed by atoms with Gasteiger partial charge in [0.2, 0.25) is 0 Å². The first-order valence-corrected chi connectivity index (χ1v) is 8.29. The van der Waals surface area contributed by atoms with E-state index in [-0.39, 0.29) is 12.0 Å². The minimum atomic E-state index is 0.130. The highest BCUT2D eigenvalue weighted by molar-refractivity contribution is 5.95. The van der Waals surface area contributed by atoms with Crippen LogP contribution in [-0.2, 0) is 4.74 Å². The summed E-state index contributed by atoms with van der Waals surface area (Å²) in [5, 5.41) is 0. The minimum absolute atomic E-state index is 0.130. The van der Waals surface area contributed by atoms with Crippen molar-refractivity contribution >= 4 is 5.91 Å². The van der Waals surface area contributed by atoms with Gasteiger partial charge in [-0.25, -0.2) is 0 Å². The standard InChI is InChI=1S/C17H23NO3/c19-17(15-7-9-20-16(15)13-5-6-13)18-8-1-2-14(10-18)21-11-12-3-4-12/h7,9,12-14H,1-6,8,10-11H2. The fraction of sp³-hybridized carbons (Fsp3) is 0.706. The summed E-state index contributed by atoms with van der Waals surface area (Å²) in [6.45, 7) is 2.46. The van der Waals surface area contributed by atoms with Gasteiger partial charge in [0.15, 0.2) is 0 Å². The Morgan fingerprint density at radius 2 is 2.14 bits per heavy atom. The summed E-state index contributed by atoms with van der Waals surface area (Å²) in [5.41, 5.74) is 0.778. The number of nitrogens with zero attached hydrogens (tertiary/aromatic N) is 1. The lowest BCUT2D eigenvalue weighted by Gasteiger charge is -2.32. The van der Waals surface area contributed by atoms with E-state index < -0.39 is 0 Å². The van der Waals surface area contributed by atoms with E-state index in [9.17, 15) is 4.79 Å². The molecule has 3 fully saturated rings. The molecule has 21 heavy (non-hydrogen) atoms. The first kappa shape index (κ1) is 13.4. The summed E-state index contributed by atoms with van der Waals surface area (Å²) in [7, 11) is 0. The Morgan fingerprint density at radius 3 is 2.90 bits per heavy atom. The van der Waals surface area contributed by atoms with Crippen molar-refractivity contribution in [1.82, 2.24) is 4.90 Å². The Morgan fingerprint density at radius 1 is 1.29 bits per heavy atom. The van der Waals surface area contributed by atoms with E-state index in [0.29, 0.717) is 5.92 Å². The summed E-state index contributed by atoms with van der Waals surface area (Å²) in [4.78, 5) is 14.7.